The van der Waals surface area contributed by atoms with Crippen LogP contribution < -0.4 is 5.32 Å². The molecule has 0 amide bonds. The molecule has 0 bridgehead atoms. The van der Waals surface area contributed by atoms with Gasteiger partial charge in [0.2, 0.25) is 0 Å². The van der Waals surface area contributed by atoms with Gasteiger partial charge in [0, 0.05) is 2.74 Å². The van der Waals surface area contributed by atoms with Gasteiger partial charge >= 0.3 is 0 Å². The van der Waals surface area contributed by atoms with Crippen LogP contribution in [0.3, 0.4) is 0 Å². The second-order valence-electron chi connectivity index (χ2n) is 2.75. The summed E-state index contributed by atoms with van der Waals surface area (Å²) in [6.07, 6.45) is 2.05. The Morgan fingerprint density at radius 2 is 2.10 bits per heavy atom. The number of hydrogen-bond donors (Lipinski definition) is 1. The van der Waals surface area contributed by atoms with Crippen LogP contribution in [0.25, 0.3) is 0 Å². The number of halogens is 1. The minimum absolute atomic E-state index is 0. The van der Waals surface area contributed by atoms with Crippen molar-refractivity contribution in [3.8, 4) is 0 Å². The van der Waals surface area contributed by atoms with Crippen molar-refractivity contribution >= 4 is 12.4 Å². The minimum Gasteiger partial charge on any atom is -0.317 e. The van der Waals surface area contributed by atoms with Crippen molar-refractivity contribution in [2.75, 3.05) is 13.1 Å². The lowest BCUT2D eigenvalue weighted by atomic mass is 9.94. The van der Waals surface area contributed by atoms with Crippen molar-refractivity contribution in [3.05, 3.63) is 0 Å². The molecular formula is C8H18ClN. The summed E-state index contributed by atoms with van der Waals surface area (Å²) < 4.78 is 14.8. The third-order valence-electron chi connectivity index (χ3n) is 1.95. The van der Waals surface area contributed by atoms with Gasteiger partial charge in [0.1, 0.15) is 0 Å². The van der Waals surface area contributed by atoms with Gasteiger partial charge in [0.25, 0.3) is 0 Å². The average molecular weight is 166 g/mol. The molecule has 0 spiro atoms. The lowest BCUT2D eigenvalue weighted by molar-refractivity contribution is 0.351. The van der Waals surface area contributed by atoms with Crippen molar-refractivity contribution in [1.29, 1.82) is 0 Å². The first kappa shape index (κ1) is 6.93. The fraction of sp³-hybridized carbons (Fsp3) is 1.00. The number of hydrogen-bond acceptors (Lipinski definition) is 1. The first-order valence-corrected chi connectivity index (χ1v) is 3.79. The predicted molar refractivity (Wildman–Crippen MR) is 47.7 cm³/mol. The third kappa shape index (κ3) is 3.43. The van der Waals surface area contributed by atoms with Crippen molar-refractivity contribution in [2.45, 2.75) is 32.6 Å². The van der Waals surface area contributed by atoms with Crippen LogP contribution in [0, 0.1) is 5.92 Å². The summed E-state index contributed by atoms with van der Waals surface area (Å²) in [6.45, 7) is 3.82. The van der Waals surface area contributed by atoms with Crippen molar-refractivity contribution in [3.63, 3.8) is 0 Å². The third-order valence-corrected chi connectivity index (χ3v) is 1.95. The smallest absolute Gasteiger partial charge is 0.0264 e. The van der Waals surface area contributed by atoms with Gasteiger partial charge in [-0.2, -0.15) is 0 Å². The molecule has 1 heterocycles. The minimum atomic E-state index is -0.970. The van der Waals surface area contributed by atoms with E-state index in [0.29, 0.717) is 5.92 Å². The van der Waals surface area contributed by atoms with E-state index in [1.807, 2.05) is 0 Å². The van der Waals surface area contributed by atoms with Crippen LogP contribution in [-0.4, -0.2) is 13.1 Å². The van der Waals surface area contributed by atoms with E-state index in [0.717, 1.165) is 32.4 Å². The van der Waals surface area contributed by atoms with E-state index < -0.39 is 6.37 Å². The zero-order valence-corrected chi connectivity index (χ0v) is 7.34. The highest BCUT2D eigenvalue weighted by molar-refractivity contribution is 5.85. The summed E-state index contributed by atoms with van der Waals surface area (Å²) in [5.74, 6) is 0.608. The Kier molecular flexibility index (Phi) is 4.15. The standard InChI is InChI=1S/C8H17N.ClH/c1-2-3-8-4-6-9-7-5-8;/h8-9H,2-7H2,1H3;1H/i2D2;. The Morgan fingerprint density at radius 1 is 1.50 bits per heavy atom. The van der Waals surface area contributed by atoms with Gasteiger partial charge in [-0.25, -0.2) is 0 Å². The van der Waals surface area contributed by atoms with E-state index in [1.165, 1.54) is 0 Å². The normalized spacial score (nSPS) is 24.5. The Hall–Kier alpha value is 0.250. The average Bonchev–Trinajstić information content (AvgIpc) is 1.85. The van der Waals surface area contributed by atoms with Crippen LogP contribution in [0.5, 0.6) is 0 Å². The van der Waals surface area contributed by atoms with E-state index in [4.69, 9.17) is 2.74 Å². The molecule has 1 nitrogen and oxygen atoms in total. The molecule has 1 saturated heterocycles. The highest BCUT2D eigenvalue weighted by Gasteiger charge is 2.10. The Balaban J connectivity index is 0.00000121. The molecule has 0 saturated carbocycles. The van der Waals surface area contributed by atoms with E-state index >= 15 is 0 Å². The maximum absolute atomic E-state index is 7.41. The summed E-state index contributed by atoms with van der Waals surface area (Å²) in [4.78, 5) is 0. The van der Waals surface area contributed by atoms with Crippen LogP contribution >= 0.6 is 12.4 Å². The second-order valence-corrected chi connectivity index (χ2v) is 2.75. The number of nitrogens with one attached hydrogen (secondary N) is 1. The molecule has 0 aromatic carbocycles. The van der Waals surface area contributed by atoms with Crippen LogP contribution in [0.15, 0.2) is 0 Å². The zero-order valence-electron chi connectivity index (χ0n) is 8.52. The molecule has 1 fully saturated rings. The fourth-order valence-corrected chi connectivity index (χ4v) is 1.37. The molecule has 2 heteroatoms. The molecule has 0 aromatic heterocycles. The van der Waals surface area contributed by atoms with Gasteiger partial charge in [-0.3, -0.25) is 0 Å². The Labute approximate surface area is 72.8 Å². The van der Waals surface area contributed by atoms with Crippen LogP contribution in [0.2, 0.25) is 0 Å². The van der Waals surface area contributed by atoms with Gasteiger partial charge < -0.3 is 5.32 Å². The lowest BCUT2D eigenvalue weighted by Gasteiger charge is -2.21. The maximum Gasteiger partial charge on any atom is 0.0264 e. The van der Waals surface area contributed by atoms with Crippen molar-refractivity contribution < 1.29 is 2.74 Å². The molecule has 1 rings (SSSR count). The van der Waals surface area contributed by atoms with Gasteiger partial charge in [-0.15, -0.1) is 12.4 Å². The van der Waals surface area contributed by atoms with E-state index in [1.54, 1.807) is 6.92 Å². The molecule has 0 atom stereocenters. The molecule has 1 aliphatic heterocycles. The van der Waals surface area contributed by atoms with Gasteiger partial charge in [-0.05, 0) is 31.8 Å². The summed E-state index contributed by atoms with van der Waals surface area (Å²) >= 11 is 0. The first-order chi connectivity index (χ1) is 5.08. The van der Waals surface area contributed by atoms with Crippen molar-refractivity contribution in [2.24, 2.45) is 5.92 Å². The van der Waals surface area contributed by atoms with E-state index in [-0.39, 0.29) is 12.4 Å². The highest BCUT2D eigenvalue weighted by Crippen LogP contribution is 2.16. The van der Waals surface area contributed by atoms with Crippen LogP contribution in [0.1, 0.15) is 35.3 Å². The molecule has 62 valence electrons. The summed E-state index contributed by atoms with van der Waals surface area (Å²) in [5, 5.41) is 3.28. The summed E-state index contributed by atoms with van der Waals surface area (Å²) in [7, 11) is 0. The maximum atomic E-state index is 7.41. The molecule has 0 aromatic rings. The monoisotopic (exact) mass is 165 g/mol. The Bertz CT molecular complexity index is 119. The van der Waals surface area contributed by atoms with E-state index in [9.17, 15) is 0 Å². The van der Waals surface area contributed by atoms with E-state index in [2.05, 4.69) is 5.32 Å². The lowest BCUT2D eigenvalue weighted by Crippen LogP contribution is -2.27. The van der Waals surface area contributed by atoms with Gasteiger partial charge in [-0.1, -0.05) is 19.7 Å². The molecule has 0 aliphatic carbocycles. The highest BCUT2D eigenvalue weighted by atomic mass is 35.5. The summed E-state index contributed by atoms with van der Waals surface area (Å²) in [6, 6.07) is 0. The van der Waals surface area contributed by atoms with Crippen LogP contribution in [-0.2, 0) is 0 Å². The fourth-order valence-electron chi connectivity index (χ4n) is 1.37. The number of piperidine rings is 1. The van der Waals surface area contributed by atoms with Gasteiger partial charge in [0.15, 0.2) is 0 Å². The van der Waals surface area contributed by atoms with Crippen LogP contribution in [0.4, 0.5) is 0 Å². The molecule has 1 aliphatic rings. The molecule has 0 unspecified atom stereocenters. The SMILES string of the molecule is Cl.[2H]C([2H])(C)CC1CCNCC1. The molecule has 1 N–H and O–H groups in total. The quantitative estimate of drug-likeness (QED) is 0.662. The molecular weight excluding hydrogens is 146 g/mol. The topological polar surface area (TPSA) is 12.0 Å². The molecule has 0 radical (unpaired) electrons. The Morgan fingerprint density at radius 3 is 2.60 bits per heavy atom. The molecule has 10 heavy (non-hydrogen) atoms. The zero-order chi connectivity index (χ0) is 8.32. The number of rotatable bonds is 2. The van der Waals surface area contributed by atoms with Crippen molar-refractivity contribution in [1.82, 2.24) is 5.32 Å². The second kappa shape index (κ2) is 5.99. The summed E-state index contributed by atoms with van der Waals surface area (Å²) in [5.41, 5.74) is 0. The predicted octanol–water partition coefficient (Wildman–Crippen LogP) is 2.21. The largest absolute Gasteiger partial charge is 0.317 e. The van der Waals surface area contributed by atoms with Gasteiger partial charge in [0.05, 0.1) is 0 Å². The first-order valence-electron chi connectivity index (χ1n) is 4.79.